The molecule has 0 radical (unpaired) electrons. The predicted octanol–water partition coefficient (Wildman–Crippen LogP) is 2.00. The highest BCUT2D eigenvalue weighted by molar-refractivity contribution is 5.78. The monoisotopic (exact) mass is 302 g/mol. The van der Waals surface area contributed by atoms with Crippen molar-refractivity contribution >= 4 is 5.91 Å². The number of carbonyl (C=O) groups excluding carboxylic acids is 1. The van der Waals surface area contributed by atoms with Crippen LogP contribution < -0.4 is 10.1 Å². The summed E-state index contributed by atoms with van der Waals surface area (Å²) in [5.74, 6) is 1.41. The van der Waals surface area contributed by atoms with Gasteiger partial charge in [0.25, 0.3) is 0 Å². The lowest BCUT2D eigenvalue weighted by molar-refractivity contribution is -0.125. The second-order valence-electron chi connectivity index (χ2n) is 5.19. The van der Waals surface area contributed by atoms with Crippen molar-refractivity contribution in [3.8, 4) is 17.1 Å². The van der Waals surface area contributed by atoms with Crippen molar-refractivity contribution in [1.29, 1.82) is 0 Å². The lowest BCUT2D eigenvalue weighted by Gasteiger charge is -2.07. The zero-order chi connectivity index (χ0) is 15.4. The smallest absolute Gasteiger partial charge is 0.225 e. The Morgan fingerprint density at radius 2 is 2.23 bits per heavy atom. The van der Waals surface area contributed by atoms with Gasteiger partial charge in [-0.2, -0.15) is 0 Å². The minimum atomic E-state index is -0.0482. The van der Waals surface area contributed by atoms with Crippen LogP contribution >= 0.6 is 0 Å². The normalized spacial score (nSPS) is 17.4. The van der Waals surface area contributed by atoms with Gasteiger partial charge in [-0.1, -0.05) is 5.16 Å². The summed E-state index contributed by atoms with van der Waals surface area (Å²) in [6.45, 7) is 1.51. The van der Waals surface area contributed by atoms with Crippen LogP contribution in [0.25, 0.3) is 11.3 Å². The Hall–Kier alpha value is -2.34. The fourth-order valence-electron chi connectivity index (χ4n) is 2.35. The summed E-state index contributed by atoms with van der Waals surface area (Å²) < 4.78 is 15.6. The SMILES string of the molecule is COc1ccc(-c2cc(CNC(=O)C3CCOC3)no2)cc1. The summed E-state index contributed by atoms with van der Waals surface area (Å²) in [5, 5.41) is 6.84. The highest BCUT2D eigenvalue weighted by atomic mass is 16.5. The Morgan fingerprint density at radius 1 is 1.41 bits per heavy atom. The number of aromatic nitrogens is 1. The summed E-state index contributed by atoms with van der Waals surface area (Å²) in [5.41, 5.74) is 1.60. The topological polar surface area (TPSA) is 73.6 Å². The molecule has 1 unspecified atom stereocenters. The molecule has 22 heavy (non-hydrogen) atoms. The summed E-state index contributed by atoms with van der Waals surface area (Å²) in [6, 6.07) is 9.35. The van der Waals surface area contributed by atoms with E-state index in [1.807, 2.05) is 30.3 Å². The standard InChI is InChI=1S/C16H18N2O4/c1-20-14-4-2-11(3-5-14)15-8-13(18-22-15)9-17-16(19)12-6-7-21-10-12/h2-5,8,12H,6-7,9-10H2,1H3,(H,17,19). The van der Waals surface area contributed by atoms with Gasteiger partial charge in [0.2, 0.25) is 5.91 Å². The second kappa shape index (κ2) is 6.62. The van der Waals surface area contributed by atoms with Crippen molar-refractivity contribution < 1.29 is 18.8 Å². The van der Waals surface area contributed by atoms with Crippen molar-refractivity contribution in [2.24, 2.45) is 5.92 Å². The first-order chi connectivity index (χ1) is 10.8. The summed E-state index contributed by atoms with van der Waals surface area (Å²) in [7, 11) is 1.62. The maximum atomic E-state index is 11.9. The van der Waals surface area contributed by atoms with Crippen LogP contribution in [-0.2, 0) is 16.1 Å². The number of ether oxygens (including phenoxy) is 2. The molecule has 2 heterocycles. The first-order valence-electron chi connectivity index (χ1n) is 7.22. The molecule has 2 aromatic rings. The van der Waals surface area contributed by atoms with Crippen LogP contribution in [0.3, 0.4) is 0 Å². The average molecular weight is 302 g/mol. The maximum Gasteiger partial charge on any atom is 0.225 e. The number of hydrogen-bond donors (Lipinski definition) is 1. The highest BCUT2D eigenvalue weighted by Crippen LogP contribution is 2.23. The van der Waals surface area contributed by atoms with E-state index in [4.69, 9.17) is 14.0 Å². The molecule has 0 bridgehead atoms. The van der Waals surface area contributed by atoms with Gasteiger partial charge in [0.15, 0.2) is 5.76 Å². The van der Waals surface area contributed by atoms with Crippen LogP contribution in [0, 0.1) is 5.92 Å². The van der Waals surface area contributed by atoms with Gasteiger partial charge in [0, 0.05) is 18.2 Å². The zero-order valence-corrected chi connectivity index (χ0v) is 12.4. The van der Waals surface area contributed by atoms with E-state index in [-0.39, 0.29) is 11.8 Å². The van der Waals surface area contributed by atoms with Crippen molar-refractivity contribution in [3.63, 3.8) is 0 Å². The molecule has 1 aromatic heterocycles. The lowest BCUT2D eigenvalue weighted by atomic mass is 10.1. The fraction of sp³-hybridized carbons (Fsp3) is 0.375. The van der Waals surface area contributed by atoms with Crippen LogP contribution in [0.5, 0.6) is 5.75 Å². The zero-order valence-electron chi connectivity index (χ0n) is 12.4. The number of amides is 1. The molecule has 0 spiro atoms. The van der Waals surface area contributed by atoms with E-state index in [1.165, 1.54) is 0 Å². The average Bonchev–Trinajstić information content (AvgIpc) is 3.24. The first kappa shape index (κ1) is 14.6. The molecule has 116 valence electrons. The van der Waals surface area contributed by atoms with Gasteiger partial charge in [-0.25, -0.2) is 0 Å². The molecule has 1 aromatic carbocycles. The van der Waals surface area contributed by atoms with E-state index >= 15 is 0 Å². The van der Waals surface area contributed by atoms with Crippen molar-refractivity contribution in [2.45, 2.75) is 13.0 Å². The summed E-state index contributed by atoms with van der Waals surface area (Å²) in [4.78, 5) is 11.9. The third-order valence-corrected chi connectivity index (χ3v) is 3.68. The Labute approximate surface area is 128 Å². The highest BCUT2D eigenvalue weighted by Gasteiger charge is 2.23. The fourth-order valence-corrected chi connectivity index (χ4v) is 2.35. The number of carbonyl (C=O) groups is 1. The lowest BCUT2D eigenvalue weighted by Crippen LogP contribution is -2.30. The van der Waals surface area contributed by atoms with Crippen molar-refractivity contribution in [1.82, 2.24) is 10.5 Å². The number of rotatable bonds is 5. The summed E-state index contributed by atoms with van der Waals surface area (Å²) >= 11 is 0. The van der Waals surface area contributed by atoms with Gasteiger partial charge in [0.1, 0.15) is 11.4 Å². The number of hydrogen-bond acceptors (Lipinski definition) is 5. The summed E-state index contributed by atoms with van der Waals surface area (Å²) in [6.07, 6.45) is 0.780. The molecular formula is C16H18N2O4. The molecule has 0 saturated carbocycles. The van der Waals surface area contributed by atoms with Crippen LogP contribution in [0.1, 0.15) is 12.1 Å². The molecule has 1 atom stereocenters. The molecule has 1 aliphatic heterocycles. The third-order valence-electron chi connectivity index (χ3n) is 3.68. The van der Waals surface area contributed by atoms with Crippen LogP contribution in [0.15, 0.2) is 34.9 Å². The van der Waals surface area contributed by atoms with Crippen LogP contribution in [0.2, 0.25) is 0 Å². The number of benzene rings is 1. The molecule has 1 N–H and O–H groups in total. The number of nitrogens with one attached hydrogen (secondary N) is 1. The van der Waals surface area contributed by atoms with Crippen molar-refractivity contribution in [2.75, 3.05) is 20.3 Å². The Morgan fingerprint density at radius 3 is 2.91 bits per heavy atom. The van der Waals surface area contributed by atoms with E-state index in [1.54, 1.807) is 7.11 Å². The molecule has 1 amide bonds. The Balaban J connectivity index is 1.59. The predicted molar refractivity (Wildman–Crippen MR) is 79.3 cm³/mol. The molecule has 1 aliphatic rings. The second-order valence-corrected chi connectivity index (χ2v) is 5.19. The Kier molecular flexibility index (Phi) is 4.39. The minimum Gasteiger partial charge on any atom is -0.497 e. The minimum absolute atomic E-state index is 0.00602. The van der Waals surface area contributed by atoms with Crippen molar-refractivity contribution in [3.05, 3.63) is 36.0 Å². The van der Waals surface area contributed by atoms with Gasteiger partial charge in [-0.15, -0.1) is 0 Å². The molecule has 6 nitrogen and oxygen atoms in total. The van der Waals surface area contributed by atoms with Crippen LogP contribution in [-0.4, -0.2) is 31.4 Å². The van der Waals surface area contributed by atoms with Gasteiger partial charge >= 0.3 is 0 Å². The first-order valence-corrected chi connectivity index (χ1v) is 7.22. The quantitative estimate of drug-likeness (QED) is 0.914. The van der Waals surface area contributed by atoms with Gasteiger partial charge in [0.05, 0.1) is 26.2 Å². The van der Waals surface area contributed by atoms with Gasteiger partial charge in [-0.05, 0) is 30.7 Å². The van der Waals surface area contributed by atoms with Gasteiger partial charge < -0.3 is 19.3 Å². The van der Waals surface area contributed by atoms with Crippen LogP contribution in [0.4, 0.5) is 0 Å². The molecule has 0 aliphatic carbocycles. The molecular weight excluding hydrogens is 284 g/mol. The van der Waals surface area contributed by atoms with E-state index in [0.29, 0.717) is 31.2 Å². The van der Waals surface area contributed by atoms with E-state index < -0.39 is 0 Å². The molecule has 6 heteroatoms. The van der Waals surface area contributed by atoms with E-state index in [9.17, 15) is 4.79 Å². The molecule has 1 fully saturated rings. The Bertz CT molecular complexity index is 630. The molecule has 1 saturated heterocycles. The largest absolute Gasteiger partial charge is 0.497 e. The van der Waals surface area contributed by atoms with E-state index in [0.717, 1.165) is 17.7 Å². The molecule has 3 rings (SSSR count). The maximum absolute atomic E-state index is 11.9. The van der Waals surface area contributed by atoms with E-state index in [2.05, 4.69) is 10.5 Å². The number of methoxy groups -OCH3 is 1. The third kappa shape index (κ3) is 3.28. The van der Waals surface area contributed by atoms with Gasteiger partial charge in [-0.3, -0.25) is 4.79 Å². The number of nitrogens with zero attached hydrogens (tertiary/aromatic N) is 1.